The zero-order valence-electron chi connectivity index (χ0n) is 17.1. The lowest BCUT2D eigenvalue weighted by Crippen LogP contribution is -2.03. The number of pyridine rings is 1. The van der Waals surface area contributed by atoms with Crippen molar-refractivity contribution in [3.63, 3.8) is 0 Å². The smallest absolute Gasteiger partial charge is 0.388 e. The number of alkyl halides is 2. The van der Waals surface area contributed by atoms with Gasteiger partial charge in [-0.1, -0.05) is 6.07 Å². The zero-order valence-corrected chi connectivity index (χ0v) is 17.1. The van der Waals surface area contributed by atoms with Gasteiger partial charge in [-0.05, 0) is 29.9 Å². The van der Waals surface area contributed by atoms with Crippen molar-refractivity contribution in [3.8, 4) is 29.0 Å². The number of imidazole rings is 1. The molecule has 4 aromatic heterocycles. The molecule has 2 atom stereocenters. The lowest BCUT2D eigenvalue weighted by molar-refractivity contribution is -0.0528. The van der Waals surface area contributed by atoms with Crippen LogP contribution in [-0.2, 0) is 0 Å². The number of aromatic nitrogens is 6. The van der Waals surface area contributed by atoms with Gasteiger partial charge in [0.05, 0.1) is 25.5 Å². The molecule has 0 aliphatic heterocycles. The van der Waals surface area contributed by atoms with E-state index in [1.165, 1.54) is 20.3 Å². The van der Waals surface area contributed by atoms with Crippen LogP contribution in [0.3, 0.4) is 0 Å². The summed E-state index contributed by atoms with van der Waals surface area (Å²) in [6.45, 7) is -2.90. The van der Waals surface area contributed by atoms with Gasteiger partial charge in [-0.15, -0.1) is 0 Å². The Morgan fingerprint density at radius 2 is 1.94 bits per heavy atom. The van der Waals surface area contributed by atoms with Crippen LogP contribution in [0.5, 0.6) is 17.8 Å². The van der Waals surface area contributed by atoms with E-state index < -0.39 is 6.61 Å². The van der Waals surface area contributed by atoms with Gasteiger partial charge in [0, 0.05) is 36.4 Å². The lowest BCUT2D eigenvalue weighted by atomic mass is 10.1. The van der Waals surface area contributed by atoms with Crippen LogP contribution >= 0.6 is 0 Å². The van der Waals surface area contributed by atoms with Crippen molar-refractivity contribution in [2.75, 3.05) is 14.2 Å². The molecular weight excluding hydrogens is 422 g/mol. The van der Waals surface area contributed by atoms with Crippen molar-refractivity contribution < 1.29 is 23.0 Å². The number of halogens is 2. The van der Waals surface area contributed by atoms with E-state index in [0.29, 0.717) is 17.1 Å². The molecule has 9 nitrogen and oxygen atoms in total. The van der Waals surface area contributed by atoms with Crippen molar-refractivity contribution >= 4 is 5.65 Å². The molecule has 164 valence electrons. The molecule has 0 N–H and O–H groups in total. The second-order valence-corrected chi connectivity index (χ2v) is 7.22. The van der Waals surface area contributed by atoms with Crippen LogP contribution in [-0.4, -0.2) is 50.4 Å². The maximum absolute atomic E-state index is 12.4. The molecule has 32 heavy (non-hydrogen) atoms. The van der Waals surface area contributed by atoms with Crippen molar-refractivity contribution in [2.24, 2.45) is 0 Å². The third-order valence-corrected chi connectivity index (χ3v) is 5.36. The molecule has 0 spiro atoms. The van der Waals surface area contributed by atoms with Gasteiger partial charge in [0.2, 0.25) is 11.8 Å². The predicted octanol–water partition coefficient (Wildman–Crippen LogP) is 3.47. The molecule has 0 radical (unpaired) electrons. The van der Waals surface area contributed by atoms with Crippen LogP contribution in [0, 0.1) is 0 Å². The summed E-state index contributed by atoms with van der Waals surface area (Å²) < 4.78 is 41.3. The summed E-state index contributed by atoms with van der Waals surface area (Å²) in [5, 5.41) is 4.63. The van der Waals surface area contributed by atoms with Crippen LogP contribution in [0.15, 0.2) is 43.0 Å². The first-order valence-corrected chi connectivity index (χ1v) is 9.77. The van der Waals surface area contributed by atoms with Crippen LogP contribution in [0.4, 0.5) is 8.78 Å². The van der Waals surface area contributed by atoms with Gasteiger partial charge >= 0.3 is 12.6 Å². The molecule has 1 saturated carbocycles. The predicted molar refractivity (Wildman–Crippen MR) is 108 cm³/mol. The molecule has 0 saturated heterocycles. The minimum atomic E-state index is -2.90. The Bertz CT molecular complexity index is 1260. The Morgan fingerprint density at radius 1 is 1.06 bits per heavy atom. The van der Waals surface area contributed by atoms with E-state index in [0.717, 1.165) is 23.2 Å². The average Bonchev–Trinajstić information content (AvgIpc) is 3.46. The summed E-state index contributed by atoms with van der Waals surface area (Å²) in [5.41, 5.74) is 3.97. The summed E-state index contributed by atoms with van der Waals surface area (Å²) in [7, 11) is 3.00. The fourth-order valence-corrected chi connectivity index (χ4v) is 3.81. The summed E-state index contributed by atoms with van der Waals surface area (Å²) in [5.74, 6) is 0.610. The summed E-state index contributed by atoms with van der Waals surface area (Å²) >= 11 is 0. The van der Waals surface area contributed by atoms with Gasteiger partial charge in [-0.3, -0.25) is 0 Å². The molecule has 0 unspecified atom stereocenters. The first-order chi connectivity index (χ1) is 15.6. The van der Waals surface area contributed by atoms with Gasteiger partial charge in [0.25, 0.3) is 0 Å². The topological polar surface area (TPSA) is 96.6 Å². The highest BCUT2D eigenvalue weighted by Crippen LogP contribution is 2.55. The van der Waals surface area contributed by atoms with Crippen LogP contribution in [0.2, 0.25) is 0 Å². The van der Waals surface area contributed by atoms with Crippen LogP contribution in [0.1, 0.15) is 29.4 Å². The molecule has 1 aliphatic carbocycles. The molecule has 5 rings (SSSR count). The van der Waals surface area contributed by atoms with E-state index >= 15 is 0 Å². The minimum absolute atomic E-state index is 0.102. The van der Waals surface area contributed by atoms with Crippen molar-refractivity contribution in [3.05, 3.63) is 54.1 Å². The number of hydrogen-bond donors (Lipinski definition) is 0. The zero-order chi connectivity index (χ0) is 22.2. The normalized spacial score (nSPS) is 17.5. The summed E-state index contributed by atoms with van der Waals surface area (Å²) in [4.78, 5) is 16.9. The monoisotopic (exact) mass is 440 g/mol. The Labute approximate surface area is 181 Å². The SMILES string of the molecule is COc1ncc(-c2cc([C@H]3C[C@@H]3c3ccc(OC(F)F)nc3)c3nccn3n2)c(OC)n1. The fraction of sp³-hybridized carbons (Fsp3) is 0.286. The first-order valence-electron chi connectivity index (χ1n) is 9.77. The van der Waals surface area contributed by atoms with E-state index in [1.807, 2.05) is 6.07 Å². The molecule has 0 amide bonds. The van der Waals surface area contributed by atoms with E-state index in [9.17, 15) is 8.78 Å². The third kappa shape index (κ3) is 3.66. The Morgan fingerprint density at radius 3 is 2.66 bits per heavy atom. The average molecular weight is 440 g/mol. The number of ether oxygens (including phenoxy) is 3. The van der Waals surface area contributed by atoms with Crippen molar-refractivity contribution in [2.45, 2.75) is 24.9 Å². The lowest BCUT2D eigenvalue weighted by Gasteiger charge is -2.10. The molecule has 0 aromatic carbocycles. The number of nitrogens with zero attached hydrogens (tertiary/aromatic N) is 6. The minimum Gasteiger partial charge on any atom is -0.480 e. The van der Waals surface area contributed by atoms with Gasteiger partial charge in [0.15, 0.2) is 5.65 Å². The second kappa shape index (κ2) is 7.98. The largest absolute Gasteiger partial charge is 0.480 e. The standard InChI is InChI=1S/C21H18F2N6O3/c1-30-19-15(10-26-21(27-19)31-2)16-8-14(18-24-5-6-29(18)28-16)13-7-12(13)11-3-4-17(25-9-11)32-20(22)23/h3-6,8-10,12-13,20H,7H2,1-2H3/t12-,13+/m1/s1. The number of rotatable bonds is 7. The van der Waals surface area contributed by atoms with Gasteiger partial charge in [-0.2, -0.15) is 18.9 Å². The Hall–Kier alpha value is -3.89. The Balaban J connectivity index is 1.49. The highest BCUT2D eigenvalue weighted by molar-refractivity contribution is 5.68. The number of methoxy groups -OCH3 is 2. The maximum Gasteiger partial charge on any atom is 0.388 e. The van der Waals surface area contributed by atoms with E-state index in [1.54, 1.807) is 35.4 Å². The highest BCUT2D eigenvalue weighted by atomic mass is 19.3. The molecule has 1 fully saturated rings. The molecule has 1 aliphatic rings. The van der Waals surface area contributed by atoms with Crippen molar-refractivity contribution in [1.29, 1.82) is 0 Å². The number of hydrogen-bond acceptors (Lipinski definition) is 8. The summed E-state index contributed by atoms with van der Waals surface area (Å²) in [6.07, 6.45) is 7.52. The molecule has 0 bridgehead atoms. The van der Waals surface area contributed by atoms with E-state index in [2.05, 4.69) is 29.8 Å². The molecule has 4 heterocycles. The quantitative estimate of drug-likeness (QED) is 0.431. The molecule has 4 aromatic rings. The molecule has 11 heteroatoms. The van der Waals surface area contributed by atoms with Gasteiger partial charge in [0.1, 0.15) is 0 Å². The first kappa shape index (κ1) is 20.0. The highest BCUT2D eigenvalue weighted by Gasteiger charge is 2.41. The Kier molecular flexibility index (Phi) is 5.00. The van der Waals surface area contributed by atoms with Crippen LogP contribution in [0.25, 0.3) is 16.9 Å². The van der Waals surface area contributed by atoms with E-state index in [4.69, 9.17) is 9.47 Å². The third-order valence-electron chi connectivity index (χ3n) is 5.36. The maximum atomic E-state index is 12.4. The fourth-order valence-electron chi connectivity index (χ4n) is 3.81. The molecular formula is C21H18F2N6O3. The summed E-state index contributed by atoms with van der Waals surface area (Å²) in [6, 6.07) is 5.38. The number of fused-ring (bicyclic) bond motifs is 1. The van der Waals surface area contributed by atoms with E-state index in [-0.39, 0.29) is 23.7 Å². The van der Waals surface area contributed by atoms with Crippen LogP contribution < -0.4 is 14.2 Å². The van der Waals surface area contributed by atoms with Gasteiger partial charge in [-0.25, -0.2) is 19.5 Å². The van der Waals surface area contributed by atoms with Gasteiger partial charge < -0.3 is 14.2 Å². The van der Waals surface area contributed by atoms with Crippen molar-refractivity contribution in [1.82, 2.24) is 29.5 Å². The second-order valence-electron chi connectivity index (χ2n) is 7.22.